The molecule has 0 saturated carbocycles. The number of aliphatic hydroxyl groups is 1. The van der Waals surface area contributed by atoms with Gasteiger partial charge in [-0.05, 0) is 19.4 Å². The molecule has 1 fully saturated rings. The summed E-state index contributed by atoms with van der Waals surface area (Å²) in [5.41, 5.74) is 2.28. The van der Waals surface area contributed by atoms with Crippen molar-refractivity contribution < 1.29 is 9.90 Å². The van der Waals surface area contributed by atoms with Gasteiger partial charge in [-0.2, -0.15) is 0 Å². The van der Waals surface area contributed by atoms with E-state index in [9.17, 15) is 4.79 Å². The number of hydrogen-bond acceptors (Lipinski definition) is 3. The molecule has 2 rings (SSSR count). The van der Waals surface area contributed by atoms with Crippen molar-refractivity contribution in [2.24, 2.45) is 0 Å². The maximum atomic E-state index is 12.5. The third-order valence-corrected chi connectivity index (χ3v) is 4.01. The fourth-order valence-corrected chi connectivity index (χ4v) is 2.69. The van der Waals surface area contributed by atoms with E-state index in [-0.39, 0.29) is 18.4 Å². The van der Waals surface area contributed by atoms with E-state index in [1.165, 1.54) is 5.56 Å². The minimum atomic E-state index is -0.0840. The fourth-order valence-electron chi connectivity index (χ4n) is 2.69. The molecule has 1 atom stereocenters. The Morgan fingerprint density at radius 1 is 1.30 bits per heavy atom. The molecule has 20 heavy (non-hydrogen) atoms. The van der Waals surface area contributed by atoms with Gasteiger partial charge in [0.15, 0.2) is 0 Å². The molecule has 1 aliphatic rings. The Morgan fingerprint density at radius 2 is 2.00 bits per heavy atom. The van der Waals surface area contributed by atoms with E-state index in [0.717, 1.165) is 31.7 Å². The lowest BCUT2D eigenvalue weighted by Gasteiger charge is -2.35. The number of nitrogens with zero attached hydrogens (tertiary/aromatic N) is 2. The summed E-state index contributed by atoms with van der Waals surface area (Å²) in [7, 11) is 0. The van der Waals surface area contributed by atoms with Gasteiger partial charge in [0, 0.05) is 32.7 Å². The van der Waals surface area contributed by atoms with Gasteiger partial charge >= 0.3 is 0 Å². The molecule has 1 amide bonds. The smallest absolute Gasteiger partial charge is 0.229 e. The Kier molecular flexibility index (Phi) is 5.15. The van der Waals surface area contributed by atoms with Gasteiger partial charge in [-0.1, -0.05) is 29.8 Å². The number of hydrogen-bond donors (Lipinski definition) is 1. The van der Waals surface area contributed by atoms with Crippen molar-refractivity contribution in [1.29, 1.82) is 0 Å². The SMILES string of the molecule is Cc1cccc(C(C)C(=O)N2CCN(CCO)CC2)c1. The molecule has 0 aliphatic carbocycles. The summed E-state index contributed by atoms with van der Waals surface area (Å²) in [6, 6.07) is 8.17. The Balaban J connectivity index is 1.95. The van der Waals surface area contributed by atoms with Crippen LogP contribution in [-0.4, -0.2) is 60.1 Å². The van der Waals surface area contributed by atoms with Crippen LogP contribution < -0.4 is 0 Å². The van der Waals surface area contributed by atoms with Crippen molar-refractivity contribution >= 4 is 5.91 Å². The second-order valence-electron chi connectivity index (χ2n) is 5.53. The maximum absolute atomic E-state index is 12.5. The number of aliphatic hydroxyl groups excluding tert-OH is 1. The zero-order valence-electron chi connectivity index (χ0n) is 12.4. The standard InChI is InChI=1S/C16H24N2O2/c1-13-4-3-5-15(12-13)14(2)16(20)18-8-6-17(7-9-18)10-11-19/h3-5,12,14,19H,6-11H2,1-2H3. The van der Waals surface area contributed by atoms with E-state index in [0.29, 0.717) is 6.54 Å². The first-order valence-corrected chi connectivity index (χ1v) is 7.30. The Bertz CT molecular complexity index is 454. The zero-order valence-corrected chi connectivity index (χ0v) is 12.4. The predicted molar refractivity (Wildman–Crippen MR) is 79.7 cm³/mol. The number of carbonyl (C=O) groups excluding carboxylic acids is 1. The highest BCUT2D eigenvalue weighted by atomic mass is 16.3. The Labute approximate surface area is 121 Å². The number of β-amino-alcohol motifs (C(OH)–C–C–N with tert-alkyl or cyclic N) is 1. The van der Waals surface area contributed by atoms with Crippen molar-refractivity contribution in [2.45, 2.75) is 19.8 Å². The van der Waals surface area contributed by atoms with Crippen LogP contribution in [0.4, 0.5) is 0 Å². The fraction of sp³-hybridized carbons (Fsp3) is 0.562. The van der Waals surface area contributed by atoms with Crippen LogP contribution in [0.3, 0.4) is 0 Å². The molecule has 0 spiro atoms. The highest BCUT2D eigenvalue weighted by molar-refractivity contribution is 5.83. The van der Waals surface area contributed by atoms with Crippen molar-refractivity contribution in [1.82, 2.24) is 9.80 Å². The molecule has 4 heteroatoms. The molecule has 1 heterocycles. The molecule has 1 N–H and O–H groups in total. The molecular weight excluding hydrogens is 252 g/mol. The average Bonchev–Trinajstić information content (AvgIpc) is 2.47. The van der Waals surface area contributed by atoms with Gasteiger partial charge < -0.3 is 10.0 Å². The topological polar surface area (TPSA) is 43.8 Å². The molecular formula is C16H24N2O2. The molecule has 4 nitrogen and oxygen atoms in total. The second kappa shape index (κ2) is 6.86. The lowest BCUT2D eigenvalue weighted by atomic mass is 9.98. The van der Waals surface area contributed by atoms with Crippen LogP contribution in [0.15, 0.2) is 24.3 Å². The summed E-state index contributed by atoms with van der Waals surface area (Å²) in [6.07, 6.45) is 0. The number of carbonyl (C=O) groups is 1. The molecule has 110 valence electrons. The van der Waals surface area contributed by atoms with Crippen molar-refractivity contribution in [3.05, 3.63) is 35.4 Å². The summed E-state index contributed by atoms with van der Waals surface area (Å²) < 4.78 is 0. The highest BCUT2D eigenvalue weighted by Gasteiger charge is 2.25. The van der Waals surface area contributed by atoms with Gasteiger partial charge in [-0.3, -0.25) is 9.69 Å². The number of aryl methyl sites for hydroxylation is 1. The number of rotatable bonds is 4. The Morgan fingerprint density at radius 3 is 2.60 bits per heavy atom. The van der Waals surface area contributed by atoms with Crippen LogP contribution in [0.1, 0.15) is 24.0 Å². The third kappa shape index (κ3) is 3.58. The number of piperazine rings is 1. The van der Waals surface area contributed by atoms with Crippen LogP contribution in [0, 0.1) is 6.92 Å². The molecule has 1 aliphatic heterocycles. The largest absolute Gasteiger partial charge is 0.395 e. The predicted octanol–water partition coefficient (Wildman–Crippen LogP) is 1.24. The first-order valence-electron chi connectivity index (χ1n) is 7.30. The minimum Gasteiger partial charge on any atom is -0.395 e. The molecule has 1 aromatic carbocycles. The Hall–Kier alpha value is -1.39. The second-order valence-corrected chi connectivity index (χ2v) is 5.53. The van der Waals surface area contributed by atoms with E-state index in [2.05, 4.69) is 11.0 Å². The minimum absolute atomic E-state index is 0.0840. The molecule has 0 radical (unpaired) electrons. The maximum Gasteiger partial charge on any atom is 0.229 e. The van der Waals surface area contributed by atoms with Gasteiger partial charge in [-0.15, -0.1) is 0 Å². The average molecular weight is 276 g/mol. The normalized spacial score (nSPS) is 18.1. The number of benzene rings is 1. The van der Waals surface area contributed by atoms with E-state index in [1.54, 1.807) is 0 Å². The molecule has 1 saturated heterocycles. The van der Waals surface area contributed by atoms with E-state index in [1.807, 2.05) is 36.9 Å². The quantitative estimate of drug-likeness (QED) is 0.899. The summed E-state index contributed by atoms with van der Waals surface area (Å²) >= 11 is 0. The van der Waals surface area contributed by atoms with Crippen LogP contribution in [-0.2, 0) is 4.79 Å². The van der Waals surface area contributed by atoms with E-state index >= 15 is 0 Å². The zero-order chi connectivity index (χ0) is 14.5. The summed E-state index contributed by atoms with van der Waals surface area (Å²) in [4.78, 5) is 16.7. The number of amides is 1. The lowest BCUT2D eigenvalue weighted by Crippen LogP contribution is -2.50. The van der Waals surface area contributed by atoms with Gasteiger partial charge in [0.25, 0.3) is 0 Å². The highest BCUT2D eigenvalue weighted by Crippen LogP contribution is 2.20. The summed E-state index contributed by atoms with van der Waals surface area (Å²) in [5, 5.41) is 8.93. The van der Waals surface area contributed by atoms with Crippen LogP contribution in [0.5, 0.6) is 0 Å². The van der Waals surface area contributed by atoms with Gasteiger partial charge in [0.1, 0.15) is 0 Å². The van der Waals surface area contributed by atoms with Crippen LogP contribution in [0.25, 0.3) is 0 Å². The van der Waals surface area contributed by atoms with Crippen molar-refractivity contribution in [3.8, 4) is 0 Å². The molecule has 0 bridgehead atoms. The third-order valence-electron chi connectivity index (χ3n) is 4.01. The van der Waals surface area contributed by atoms with Crippen molar-refractivity contribution in [3.63, 3.8) is 0 Å². The summed E-state index contributed by atoms with van der Waals surface area (Å²) in [5.74, 6) is 0.124. The van der Waals surface area contributed by atoms with Crippen LogP contribution >= 0.6 is 0 Å². The summed E-state index contributed by atoms with van der Waals surface area (Å²) in [6.45, 7) is 8.15. The first-order chi connectivity index (χ1) is 9.61. The first kappa shape index (κ1) is 15.0. The molecule has 0 aromatic heterocycles. The molecule has 1 aromatic rings. The van der Waals surface area contributed by atoms with Gasteiger partial charge in [-0.25, -0.2) is 0 Å². The van der Waals surface area contributed by atoms with Crippen molar-refractivity contribution in [2.75, 3.05) is 39.3 Å². The monoisotopic (exact) mass is 276 g/mol. The van der Waals surface area contributed by atoms with Gasteiger partial charge in [0.2, 0.25) is 5.91 Å². The van der Waals surface area contributed by atoms with E-state index < -0.39 is 0 Å². The molecule has 1 unspecified atom stereocenters. The lowest BCUT2D eigenvalue weighted by molar-refractivity contribution is -0.134. The van der Waals surface area contributed by atoms with Crippen LogP contribution in [0.2, 0.25) is 0 Å². The van der Waals surface area contributed by atoms with E-state index in [4.69, 9.17) is 5.11 Å². The van der Waals surface area contributed by atoms with Gasteiger partial charge in [0.05, 0.1) is 12.5 Å².